The number of anilines is 1. The minimum absolute atomic E-state index is 0.802. The van der Waals surface area contributed by atoms with E-state index in [1.807, 2.05) is 24.4 Å². The normalized spacial score (nSPS) is 23.2. The minimum Gasteiger partial charge on any atom is -0.370 e. The van der Waals surface area contributed by atoms with Crippen LogP contribution in [0.3, 0.4) is 0 Å². The maximum Gasteiger partial charge on any atom is 0.125 e. The second kappa shape index (κ2) is 3.51. The predicted octanol–water partition coefficient (Wildman–Crippen LogP) is 3.07. The van der Waals surface area contributed by atoms with Gasteiger partial charge in [-0.15, -0.1) is 0 Å². The van der Waals surface area contributed by atoms with E-state index in [4.69, 9.17) is 0 Å². The molecule has 80 valence electrons. The lowest BCUT2D eigenvalue weighted by atomic mass is 9.52. The van der Waals surface area contributed by atoms with Gasteiger partial charge in [-0.05, 0) is 49.1 Å². The van der Waals surface area contributed by atoms with Crippen molar-refractivity contribution in [1.29, 1.82) is 0 Å². The fourth-order valence-corrected chi connectivity index (χ4v) is 3.11. The van der Waals surface area contributed by atoms with Crippen LogP contribution in [0.4, 0.5) is 5.82 Å². The summed E-state index contributed by atoms with van der Waals surface area (Å²) in [5, 5.41) is 3.42. The highest BCUT2D eigenvalue weighted by molar-refractivity contribution is 5.33. The summed E-state index contributed by atoms with van der Waals surface area (Å²) in [5.41, 5.74) is 0.802. The molecule has 2 heteroatoms. The lowest BCUT2D eigenvalue weighted by Gasteiger charge is -2.54. The molecule has 0 saturated heterocycles. The Morgan fingerprint density at radius 2 is 2.20 bits per heavy atom. The number of hydrogen-bond donors (Lipinski definition) is 1. The second-order valence-electron chi connectivity index (χ2n) is 5.22. The van der Waals surface area contributed by atoms with Gasteiger partial charge >= 0.3 is 0 Å². The van der Waals surface area contributed by atoms with Crippen LogP contribution in [0.25, 0.3) is 0 Å². The highest BCUT2D eigenvalue weighted by Crippen LogP contribution is 2.58. The second-order valence-corrected chi connectivity index (χ2v) is 5.22. The largest absolute Gasteiger partial charge is 0.370 e. The first kappa shape index (κ1) is 9.20. The Hall–Kier alpha value is -1.05. The van der Waals surface area contributed by atoms with Gasteiger partial charge in [-0.3, -0.25) is 0 Å². The first-order chi connectivity index (χ1) is 7.36. The van der Waals surface area contributed by atoms with Crippen LogP contribution in [0.5, 0.6) is 0 Å². The smallest absolute Gasteiger partial charge is 0.125 e. The Morgan fingerprint density at radius 1 is 1.33 bits per heavy atom. The monoisotopic (exact) mass is 202 g/mol. The van der Waals surface area contributed by atoms with Crippen LogP contribution < -0.4 is 5.32 Å². The third-order valence-electron chi connectivity index (χ3n) is 4.09. The molecule has 0 radical (unpaired) electrons. The van der Waals surface area contributed by atoms with E-state index in [1.54, 1.807) is 0 Å². The van der Waals surface area contributed by atoms with Crippen LogP contribution in [0.1, 0.15) is 32.1 Å². The standard InChI is InChI=1S/C13H18N2/c1-2-7-14-12(4-1)15-10-11-8-13(9-11)5-3-6-13/h1-2,4,7,11H,3,5-6,8-10H2,(H,14,15). The van der Waals surface area contributed by atoms with Crippen molar-refractivity contribution < 1.29 is 0 Å². The van der Waals surface area contributed by atoms with Gasteiger partial charge in [-0.2, -0.15) is 0 Å². The first-order valence-corrected chi connectivity index (χ1v) is 6.01. The van der Waals surface area contributed by atoms with E-state index in [9.17, 15) is 0 Å². The summed E-state index contributed by atoms with van der Waals surface area (Å²) < 4.78 is 0. The Morgan fingerprint density at radius 3 is 2.80 bits per heavy atom. The average molecular weight is 202 g/mol. The topological polar surface area (TPSA) is 24.9 Å². The molecule has 0 amide bonds. The fourth-order valence-electron chi connectivity index (χ4n) is 3.11. The summed E-state index contributed by atoms with van der Waals surface area (Å²) in [6.45, 7) is 1.11. The quantitative estimate of drug-likeness (QED) is 0.814. The number of aromatic nitrogens is 1. The lowest BCUT2D eigenvalue weighted by Crippen LogP contribution is -2.44. The number of hydrogen-bond acceptors (Lipinski definition) is 2. The molecule has 2 nitrogen and oxygen atoms in total. The summed E-state index contributed by atoms with van der Waals surface area (Å²) in [4.78, 5) is 4.27. The molecular weight excluding hydrogens is 184 g/mol. The van der Waals surface area contributed by atoms with E-state index in [1.165, 1.54) is 32.1 Å². The molecule has 2 saturated carbocycles. The van der Waals surface area contributed by atoms with E-state index >= 15 is 0 Å². The molecule has 2 aliphatic rings. The molecule has 0 bridgehead atoms. The van der Waals surface area contributed by atoms with Crippen molar-refractivity contribution in [1.82, 2.24) is 4.98 Å². The van der Waals surface area contributed by atoms with Crippen LogP contribution >= 0.6 is 0 Å². The maximum absolute atomic E-state index is 4.27. The van der Waals surface area contributed by atoms with Crippen LogP contribution in [0.15, 0.2) is 24.4 Å². The maximum atomic E-state index is 4.27. The van der Waals surface area contributed by atoms with Crippen molar-refractivity contribution >= 4 is 5.82 Å². The van der Waals surface area contributed by atoms with Gasteiger partial charge in [-0.25, -0.2) is 4.98 Å². The first-order valence-electron chi connectivity index (χ1n) is 6.01. The van der Waals surface area contributed by atoms with Gasteiger partial charge in [-0.1, -0.05) is 12.5 Å². The Kier molecular flexibility index (Phi) is 2.15. The van der Waals surface area contributed by atoms with Gasteiger partial charge in [0.2, 0.25) is 0 Å². The molecule has 1 aromatic rings. The van der Waals surface area contributed by atoms with Crippen molar-refractivity contribution in [2.45, 2.75) is 32.1 Å². The molecule has 15 heavy (non-hydrogen) atoms. The molecule has 2 fully saturated rings. The third-order valence-corrected chi connectivity index (χ3v) is 4.09. The molecule has 1 spiro atoms. The van der Waals surface area contributed by atoms with E-state index in [0.717, 1.165) is 23.7 Å². The molecule has 0 unspecified atom stereocenters. The Balaban J connectivity index is 1.44. The number of rotatable bonds is 3. The van der Waals surface area contributed by atoms with Gasteiger partial charge in [0.05, 0.1) is 0 Å². The molecule has 0 aliphatic heterocycles. The van der Waals surface area contributed by atoms with Crippen LogP contribution in [0.2, 0.25) is 0 Å². The van der Waals surface area contributed by atoms with Crippen molar-refractivity contribution in [3.05, 3.63) is 24.4 Å². The van der Waals surface area contributed by atoms with Crippen LogP contribution in [-0.4, -0.2) is 11.5 Å². The molecule has 0 aromatic carbocycles. The molecule has 3 rings (SSSR count). The average Bonchev–Trinajstić information content (AvgIpc) is 2.15. The van der Waals surface area contributed by atoms with Gasteiger partial charge in [0, 0.05) is 12.7 Å². The number of pyridine rings is 1. The molecule has 2 aliphatic carbocycles. The van der Waals surface area contributed by atoms with E-state index in [-0.39, 0.29) is 0 Å². The Labute approximate surface area is 91.1 Å². The van der Waals surface area contributed by atoms with Crippen molar-refractivity contribution in [3.8, 4) is 0 Å². The lowest BCUT2D eigenvalue weighted by molar-refractivity contribution is -0.0185. The molecule has 1 N–H and O–H groups in total. The highest BCUT2D eigenvalue weighted by Gasteiger charge is 2.47. The molecule has 1 heterocycles. The van der Waals surface area contributed by atoms with Gasteiger partial charge in [0.15, 0.2) is 0 Å². The van der Waals surface area contributed by atoms with Gasteiger partial charge < -0.3 is 5.32 Å². The minimum atomic E-state index is 0.802. The zero-order chi connectivity index (χ0) is 10.1. The third kappa shape index (κ3) is 1.73. The summed E-state index contributed by atoms with van der Waals surface area (Å²) in [6.07, 6.45) is 9.21. The van der Waals surface area contributed by atoms with Gasteiger partial charge in [0.25, 0.3) is 0 Å². The van der Waals surface area contributed by atoms with Crippen LogP contribution in [-0.2, 0) is 0 Å². The SMILES string of the molecule is c1ccc(NCC2CC3(CCC3)C2)nc1. The van der Waals surface area contributed by atoms with Crippen LogP contribution in [0, 0.1) is 11.3 Å². The highest BCUT2D eigenvalue weighted by atomic mass is 15.0. The number of nitrogens with zero attached hydrogens (tertiary/aromatic N) is 1. The molecule has 0 atom stereocenters. The van der Waals surface area contributed by atoms with Crippen molar-refractivity contribution in [2.24, 2.45) is 11.3 Å². The van der Waals surface area contributed by atoms with Crippen molar-refractivity contribution in [2.75, 3.05) is 11.9 Å². The van der Waals surface area contributed by atoms with Gasteiger partial charge in [0.1, 0.15) is 5.82 Å². The Bertz CT molecular complexity index is 322. The fraction of sp³-hybridized carbons (Fsp3) is 0.615. The molecule has 1 aromatic heterocycles. The summed E-state index contributed by atoms with van der Waals surface area (Å²) in [5.74, 6) is 1.92. The van der Waals surface area contributed by atoms with E-state index < -0.39 is 0 Å². The zero-order valence-electron chi connectivity index (χ0n) is 9.08. The summed E-state index contributed by atoms with van der Waals surface area (Å²) in [7, 11) is 0. The van der Waals surface area contributed by atoms with E-state index in [0.29, 0.717) is 0 Å². The molecular formula is C13H18N2. The van der Waals surface area contributed by atoms with E-state index in [2.05, 4.69) is 10.3 Å². The van der Waals surface area contributed by atoms with Crippen molar-refractivity contribution in [3.63, 3.8) is 0 Å². The zero-order valence-corrected chi connectivity index (χ0v) is 9.08. The predicted molar refractivity (Wildman–Crippen MR) is 61.7 cm³/mol. The number of nitrogens with one attached hydrogen (secondary N) is 1. The summed E-state index contributed by atoms with van der Waals surface area (Å²) in [6, 6.07) is 6.03. The summed E-state index contributed by atoms with van der Waals surface area (Å²) >= 11 is 0.